The van der Waals surface area contributed by atoms with Crippen molar-refractivity contribution in [3.63, 3.8) is 0 Å². The molecule has 1 aliphatic carbocycles. The van der Waals surface area contributed by atoms with Crippen molar-refractivity contribution in [3.05, 3.63) is 53.0 Å². The van der Waals surface area contributed by atoms with E-state index in [4.69, 9.17) is 14.2 Å². The Labute approximate surface area is 188 Å². The maximum absolute atomic E-state index is 12.6. The lowest BCUT2D eigenvalue weighted by Crippen LogP contribution is -2.20. The van der Waals surface area contributed by atoms with Crippen molar-refractivity contribution in [1.82, 2.24) is 10.2 Å². The van der Waals surface area contributed by atoms with E-state index in [1.165, 1.54) is 25.6 Å². The molecule has 2 aromatic carbocycles. The molecule has 0 unspecified atom stereocenters. The number of hydrogen-bond donors (Lipinski definition) is 2. The molecule has 1 aromatic heterocycles. The van der Waals surface area contributed by atoms with Crippen molar-refractivity contribution < 1.29 is 23.8 Å². The largest absolute Gasteiger partial charge is 0.495 e. The second-order valence-corrected chi connectivity index (χ2v) is 8.09. The highest BCUT2D eigenvalue weighted by molar-refractivity contribution is 7.15. The summed E-state index contributed by atoms with van der Waals surface area (Å²) in [5.74, 6) is 1.01. The second kappa shape index (κ2) is 9.65. The number of carbonyl (C=O) groups is 2. The quantitative estimate of drug-likeness (QED) is 0.507. The summed E-state index contributed by atoms with van der Waals surface area (Å²) < 4.78 is 16.1. The van der Waals surface area contributed by atoms with Crippen LogP contribution in [0.4, 0.5) is 10.8 Å². The predicted molar refractivity (Wildman–Crippen MR) is 120 cm³/mol. The molecule has 0 radical (unpaired) electrons. The Hall–Kier alpha value is -3.66. The Balaban J connectivity index is 1.37. The normalized spacial score (nSPS) is 12.7. The smallest absolute Gasteiger partial charge is 0.262 e. The average Bonchev–Trinajstić information content (AvgIpc) is 3.56. The molecule has 166 valence electrons. The Morgan fingerprint density at radius 3 is 2.53 bits per heavy atom. The lowest BCUT2D eigenvalue weighted by molar-refractivity contribution is -0.118. The van der Waals surface area contributed by atoms with Gasteiger partial charge in [0.05, 0.1) is 19.9 Å². The number of methoxy groups -OCH3 is 2. The first kappa shape index (κ1) is 21.6. The Morgan fingerprint density at radius 1 is 1.00 bits per heavy atom. The lowest BCUT2D eigenvalue weighted by atomic mass is 10.2. The van der Waals surface area contributed by atoms with E-state index in [-0.39, 0.29) is 18.4 Å². The minimum atomic E-state index is -0.360. The molecule has 1 heterocycles. The Morgan fingerprint density at radius 2 is 1.78 bits per heavy atom. The van der Waals surface area contributed by atoms with E-state index in [2.05, 4.69) is 20.8 Å². The summed E-state index contributed by atoms with van der Waals surface area (Å²) in [6.45, 7) is -0.241. The third-order valence-electron chi connectivity index (χ3n) is 4.75. The van der Waals surface area contributed by atoms with Gasteiger partial charge in [0.25, 0.3) is 11.8 Å². The SMILES string of the molecule is COc1ccccc1NC(=O)COc1ccc(C(=O)Nc2nnc(C3CC3)s2)cc1OC. The van der Waals surface area contributed by atoms with Crippen molar-refractivity contribution in [2.45, 2.75) is 18.8 Å². The summed E-state index contributed by atoms with van der Waals surface area (Å²) in [4.78, 5) is 24.9. The van der Waals surface area contributed by atoms with E-state index in [1.807, 2.05) is 6.07 Å². The molecule has 0 saturated heterocycles. The maximum Gasteiger partial charge on any atom is 0.262 e. The number of benzene rings is 2. The molecule has 1 fully saturated rings. The molecule has 9 nitrogen and oxygen atoms in total. The van der Waals surface area contributed by atoms with Gasteiger partial charge in [-0.25, -0.2) is 0 Å². The fourth-order valence-electron chi connectivity index (χ4n) is 2.96. The number of para-hydroxylation sites is 2. The van der Waals surface area contributed by atoms with E-state index < -0.39 is 0 Å². The van der Waals surface area contributed by atoms with E-state index in [9.17, 15) is 9.59 Å². The highest BCUT2D eigenvalue weighted by Crippen LogP contribution is 2.42. The van der Waals surface area contributed by atoms with Crippen molar-refractivity contribution in [2.75, 3.05) is 31.5 Å². The first-order chi connectivity index (χ1) is 15.6. The van der Waals surface area contributed by atoms with Gasteiger partial charge in [-0.15, -0.1) is 10.2 Å². The summed E-state index contributed by atoms with van der Waals surface area (Å²) >= 11 is 1.39. The van der Waals surface area contributed by atoms with E-state index in [0.717, 1.165) is 17.8 Å². The van der Waals surface area contributed by atoms with Gasteiger partial charge in [0.15, 0.2) is 18.1 Å². The third kappa shape index (κ3) is 5.14. The molecular formula is C22H22N4O5S. The lowest BCUT2D eigenvalue weighted by Gasteiger charge is -2.13. The average molecular weight is 455 g/mol. The van der Waals surface area contributed by atoms with Crippen LogP contribution in [0, 0.1) is 0 Å². The summed E-state index contributed by atoms with van der Waals surface area (Å²) in [6, 6.07) is 11.8. The summed E-state index contributed by atoms with van der Waals surface area (Å²) in [7, 11) is 2.99. The van der Waals surface area contributed by atoms with Crippen LogP contribution in [0.2, 0.25) is 0 Å². The molecule has 2 amide bonds. The summed E-state index contributed by atoms with van der Waals surface area (Å²) in [6.07, 6.45) is 2.25. The van der Waals surface area contributed by atoms with Crippen molar-refractivity contribution in [1.29, 1.82) is 0 Å². The van der Waals surface area contributed by atoms with E-state index in [1.54, 1.807) is 36.4 Å². The fraction of sp³-hybridized carbons (Fsp3) is 0.273. The molecule has 3 aromatic rings. The molecule has 1 aliphatic rings. The van der Waals surface area contributed by atoms with Gasteiger partial charge in [0.1, 0.15) is 10.8 Å². The van der Waals surface area contributed by atoms with Crippen molar-refractivity contribution >= 4 is 34.0 Å². The molecule has 32 heavy (non-hydrogen) atoms. The van der Waals surface area contributed by atoms with Crippen molar-refractivity contribution in [2.24, 2.45) is 0 Å². The predicted octanol–water partition coefficient (Wildman–Crippen LogP) is 3.70. The molecule has 10 heteroatoms. The van der Waals surface area contributed by atoms with E-state index >= 15 is 0 Å². The molecule has 0 spiro atoms. The Kier molecular flexibility index (Phi) is 6.50. The number of hydrogen-bond acceptors (Lipinski definition) is 8. The zero-order valence-electron chi connectivity index (χ0n) is 17.6. The van der Waals surface area contributed by atoms with Crippen LogP contribution < -0.4 is 24.8 Å². The summed E-state index contributed by atoms with van der Waals surface area (Å²) in [5, 5.41) is 15.0. The zero-order chi connectivity index (χ0) is 22.5. The second-order valence-electron chi connectivity index (χ2n) is 7.08. The van der Waals surface area contributed by atoms with Crippen LogP contribution in [-0.4, -0.2) is 42.8 Å². The molecule has 0 atom stereocenters. The van der Waals surface area contributed by atoms with Gasteiger partial charge in [-0.2, -0.15) is 0 Å². The van der Waals surface area contributed by atoms with Crippen LogP contribution in [-0.2, 0) is 4.79 Å². The fourth-order valence-corrected chi connectivity index (χ4v) is 3.86. The van der Waals surface area contributed by atoms with Crippen molar-refractivity contribution in [3.8, 4) is 17.2 Å². The maximum atomic E-state index is 12.6. The molecule has 0 bridgehead atoms. The van der Waals surface area contributed by atoms with Gasteiger partial charge < -0.3 is 19.5 Å². The first-order valence-electron chi connectivity index (χ1n) is 9.96. The Bertz CT molecular complexity index is 1130. The number of aromatic nitrogens is 2. The van der Waals surface area contributed by atoms with E-state index in [0.29, 0.717) is 39.5 Å². The van der Waals surface area contributed by atoms with Gasteiger partial charge >= 0.3 is 0 Å². The first-order valence-corrected chi connectivity index (χ1v) is 10.8. The van der Waals surface area contributed by atoms with Gasteiger partial charge in [-0.05, 0) is 43.2 Å². The third-order valence-corrected chi connectivity index (χ3v) is 5.75. The van der Waals surface area contributed by atoms with Crippen LogP contribution in [0.3, 0.4) is 0 Å². The van der Waals surface area contributed by atoms with Crippen LogP contribution in [0.25, 0.3) is 0 Å². The monoisotopic (exact) mass is 454 g/mol. The summed E-state index contributed by atoms with van der Waals surface area (Å²) in [5.41, 5.74) is 0.917. The standard InChI is InChI=1S/C22H22N4O5S/c1-29-16-6-4-3-5-15(16)23-19(27)12-31-17-10-9-14(11-18(17)30-2)20(28)24-22-26-25-21(32-22)13-7-8-13/h3-6,9-11,13H,7-8,12H2,1-2H3,(H,23,27)(H,24,26,28). The zero-order valence-corrected chi connectivity index (χ0v) is 18.4. The van der Waals surface area contributed by atoms with Gasteiger partial charge in [-0.1, -0.05) is 23.5 Å². The molecule has 4 rings (SSSR count). The number of anilines is 2. The van der Waals surface area contributed by atoms with Crippen LogP contribution in [0.1, 0.15) is 34.1 Å². The van der Waals surface area contributed by atoms with Gasteiger partial charge in [0.2, 0.25) is 5.13 Å². The van der Waals surface area contributed by atoms with Crippen LogP contribution >= 0.6 is 11.3 Å². The van der Waals surface area contributed by atoms with Gasteiger partial charge in [0, 0.05) is 11.5 Å². The number of rotatable bonds is 9. The van der Waals surface area contributed by atoms with Crippen LogP contribution in [0.15, 0.2) is 42.5 Å². The number of nitrogens with one attached hydrogen (secondary N) is 2. The number of nitrogens with zero attached hydrogens (tertiary/aromatic N) is 2. The number of ether oxygens (including phenoxy) is 3. The minimum absolute atomic E-state index is 0.241. The number of amides is 2. The highest BCUT2D eigenvalue weighted by atomic mass is 32.1. The molecule has 0 aliphatic heterocycles. The molecular weight excluding hydrogens is 432 g/mol. The minimum Gasteiger partial charge on any atom is -0.495 e. The molecule has 1 saturated carbocycles. The molecule has 2 N–H and O–H groups in total. The topological polar surface area (TPSA) is 112 Å². The van der Waals surface area contributed by atoms with Crippen LogP contribution in [0.5, 0.6) is 17.2 Å². The highest BCUT2D eigenvalue weighted by Gasteiger charge is 2.27. The van der Waals surface area contributed by atoms with Gasteiger partial charge in [-0.3, -0.25) is 14.9 Å². The number of carbonyl (C=O) groups excluding carboxylic acids is 2.